The maximum atomic E-state index is 12.1. The molecule has 1 aliphatic heterocycles. The monoisotopic (exact) mass is 249 g/mol. The van der Waals surface area contributed by atoms with Crippen molar-refractivity contribution in [3.05, 3.63) is 35.9 Å². The van der Waals surface area contributed by atoms with E-state index in [9.17, 15) is 4.79 Å². The summed E-state index contributed by atoms with van der Waals surface area (Å²) in [6.07, 6.45) is 2.34. The third-order valence-corrected chi connectivity index (χ3v) is 4.31. The van der Waals surface area contributed by atoms with E-state index in [1.807, 2.05) is 30.0 Å². The van der Waals surface area contributed by atoms with Crippen LogP contribution in [0, 0.1) is 0 Å². The second kappa shape index (κ2) is 6.10. The zero-order chi connectivity index (χ0) is 12.1. The van der Waals surface area contributed by atoms with Crippen LogP contribution in [0.3, 0.4) is 0 Å². The molecule has 1 heterocycles. The van der Waals surface area contributed by atoms with Crippen LogP contribution >= 0.6 is 11.8 Å². The fraction of sp³-hybridized carbons (Fsp3) is 0.500. The summed E-state index contributed by atoms with van der Waals surface area (Å²) in [5, 5.41) is 0.0771. The third kappa shape index (κ3) is 3.50. The number of carbonyl (C=O) groups excluding carboxylic acids is 1. The Balaban J connectivity index is 1.80. The summed E-state index contributed by atoms with van der Waals surface area (Å²) >= 11 is 1.73. The third-order valence-electron chi connectivity index (χ3n) is 3.11. The molecule has 1 atom stereocenters. The molecule has 0 spiro atoms. The van der Waals surface area contributed by atoms with Crippen LogP contribution in [0.25, 0.3) is 0 Å². The lowest BCUT2D eigenvalue weighted by molar-refractivity contribution is -0.129. The van der Waals surface area contributed by atoms with Crippen molar-refractivity contribution in [3.63, 3.8) is 0 Å². The molecule has 17 heavy (non-hydrogen) atoms. The summed E-state index contributed by atoms with van der Waals surface area (Å²) in [6, 6.07) is 10.3. The van der Waals surface area contributed by atoms with Gasteiger partial charge in [-0.1, -0.05) is 30.3 Å². The van der Waals surface area contributed by atoms with Gasteiger partial charge in [0.25, 0.3) is 0 Å². The minimum atomic E-state index is 0.0771. The Morgan fingerprint density at radius 3 is 2.59 bits per heavy atom. The lowest BCUT2D eigenvalue weighted by Gasteiger charge is -2.19. The maximum absolute atomic E-state index is 12.1. The van der Waals surface area contributed by atoms with Crippen LogP contribution < -0.4 is 0 Å². The number of amides is 1. The lowest BCUT2D eigenvalue weighted by atomic mass is 10.2. The minimum Gasteiger partial charge on any atom is -0.342 e. The number of likely N-dealkylation sites (tertiary alicyclic amines) is 1. The predicted octanol–water partition coefficient (Wildman–Crippen LogP) is 2.93. The Morgan fingerprint density at radius 1 is 1.29 bits per heavy atom. The van der Waals surface area contributed by atoms with Gasteiger partial charge in [0, 0.05) is 18.8 Å². The van der Waals surface area contributed by atoms with E-state index in [1.54, 1.807) is 11.8 Å². The first kappa shape index (κ1) is 12.5. The number of rotatable bonds is 4. The van der Waals surface area contributed by atoms with Gasteiger partial charge in [-0.2, -0.15) is 0 Å². The highest BCUT2D eigenvalue weighted by Gasteiger charge is 2.23. The van der Waals surface area contributed by atoms with Crippen LogP contribution in [0.4, 0.5) is 0 Å². The van der Waals surface area contributed by atoms with Crippen molar-refractivity contribution in [2.45, 2.75) is 30.8 Å². The van der Waals surface area contributed by atoms with Crippen molar-refractivity contribution in [2.24, 2.45) is 0 Å². The van der Waals surface area contributed by atoms with E-state index >= 15 is 0 Å². The van der Waals surface area contributed by atoms with Gasteiger partial charge in [-0.25, -0.2) is 0 Å². The predicted molar refractivity (Wildman–Crippen MR) is 73.0 cm³/mol. The zero-order valence-electron chi connectivity index (χ0n) is 10.3. The second-order valence-electron chi connectivity index (χ2n) is 4.47. The van der Waals surface area contributed by atoms with E-state index in [1.165, 1.54) is 18.4 Å². The molecule has 0 unspecified atom stereocenters. The van der Waals surface area contributed by atoms with Crippen molar-refractivity contribution in [1.29, 1.82) is 0 Å². The number of thioether (sulfide) groups is 1. The molecular weight excluding hydrogens is 230 g/mol. The number of carbonyl (C=O) groups is 1. The molecule has 2 nitrogen and oxygen atoms in total. The van der Waals surface area contributed by atoms with Crippen molar-refractivity contribution in [2.75, 3.05) is 13.1 Å². The normalized spacial score (nSPS) is 17.1. The van der Waals surface area contributed by atoms with Gasteiger partial charge < -0.3 is 4.90 Å². The molecule has 2 rings (SSSR count). The highest BCUT2D eigenvalue weighted by molar-refractivity contribution is 7.99. The average Bonchev–Trinajstić information content (AvgIpc) is 2.90. The van der Waals surface area contributed by atoms with Gasteiger partial charge in [-0.15, -0.1) is 11.8 Å². The number of hydrogen-bond donors (Lipinski definition) is 0. The molecule has 0 bridgehead atoms. The van der Waals surface area contributed by atoms with Crippen molar-refractivity contribution >= 4 is 17.7 Å². The Hall–Kier alpha value is -0.960. The first-order valence-corrected chi connectivity index (χ1v) is 7.26. The molecule has 1 aromatic carbocycles. The van der Waals surface area contributed by atoms with Crippen LogP contribution in [0.15, 0.2) is 30.3 Å². The molecule has 1 fully saturated rings. The summed E-state index contributed by atoms with van der Waals surface area (Å²) in [6.45, 7) is 3.93. The van der Waals surface area contributed by atoms with Gasteiger partial charge in [0.15, 0.2) is 0 Å². The molecule has 92 valence electrons. The van der Waals surface area contributed by atoms with Gasteiger partial charge >= 0.3 is 0 Å². The van der Waals surface area contributed by atoms with Crippen molar-refractivity contribution in [1.82, 2.24) is 4.90 Å². The van der Waals surface area contributed by atoms with E-state index in [0.29, 0.717) is 5.91 Å². The highest BCUT2D eigenvalue weighted by atomic mass is 32.2. The molecule has 1 aliphatic rings. The number of hydrogen-bond acceptors (Lipinski definition) is 2. The zero-order valence-corrected chi connectivity index (χ0v) is 11.1. The second-order valence-corrected chi connectivity index (χ2v) is 5.80. The van der Waals surface area contributed by atoms with Crippen molar-refractivity contribution in [3.8, 4) is 0 Å². The largest absolute Gasteiger partial charge is 0.342 e. The van der Waals surface area contributed by atoms with E-state index in [-0.39, 0.29) is 5.25 Å². The van der Waals surface area contributed by atoms with E-state index < -0.39 is 0 Å². The fourth-order valence-electron chi connectivity index (χ4n) is 2.06. The van der Waals surface area contributed by atoms with E-state index in [2.05, 4.69) is 12.1 Å². The Kier molecular flexibility index (Phi) is 4.49. The Morgan fingerprint density at radius 2 is 1.94 bits per heavy atom. The van der Waals surface area contributed by atoms with Gasteiger partial charge in [-0.05, 0) is 25.3 Å². The summed E-state index contributed by atoms with van der Waals surface area (Å²) in [5.41, 5.74) is 1.29. The molecule has 0 N–H and O–H groups in total. The van der Waals surface area contributed by atoms with Crippen LogP contribution in [-0.2, 0) is 10.5 Å². The fourth-order valence-corrected chi connectivity index (χ4v) is 2.99. The summed E-state index contributed by atoms with van der Waals surface area (Å²) in [4.78, 5) is 14.1. The van der Waals surface area contributed by atoms with Crippen LogP contribution in [0.1, 0.15) is 25.3 Å². The first-order chi connectivity index (χ1) is 8.27. The maximum Gasteiger partial charge on any atom is 0.235 e. The van der Waals surface area contributed by atoms with E-state index in [0.717, 1.165) is 18.8 Å². The number of nitrogens with zero attached hydrogens (tertiary/aromatic N) is 1. The molecular formula is C14H19NOS. The molecule has 0 radical (unpaired) electrons. The van der Waals surface area contributed by atoms with Crippen LogP contribution in [0.2, 0.25) is 0 Å². The van der Waals surface area contributed by atoms with Gasteiger partial charge in [0.05, 0.1) is 5.25 Å². The smallest absolute Gasteiger partial charge is 0.235 e. The number of benzene rings is 1. The Bertz CT molecular complexity index is 360. The standard InChI is InChI=1S/C14H19NOS/c1-12(14(16)15-9-5-6-10-15)17-11-13-7-3-2-4-8-13/h2-4,7-8,12H,5-6,9-11H2,1H3/t12-/m1/s1. The molecule has 1 amide bonds. The topological polar surface area (TPSA) is 20.3 Å². The molecule has 1 saturated heterocycles. The van der Waals surface area contributed by atoms with E-state index in [4.69, 9.17) is 0 Å². The molecule has 3 heteroatoms. The molecule has 1 aromatic rings. The lowest BCUT2D eigenvalue weighted by Crippen LogP contribution is -2.34. The summed E-state index contributed by atoms with van der Waals surface area (Å²) in [7, 11) is 0. The minimum absolute atomic E-state index is 0.0771. The van der Waals surface area contributed by atoms with Crippen LogP contribution in [0.5, 0.6) is 0 Å². The molecule has 0 saturated carbocycles. The van der Waals surface area contributed by atoms with Crippen molar-refractivity contribution < 1.29 is 4.79 Å². The molecule has 0 aromatic heterocycles. The summed E-state index contributed by atoms with van der Waals surface area (Å²) in [5.74, 6) is 1.23. The Labute approximate surface area is 107 Å². The van der Waals surface area contributed by atoms with Gasteiger partial charge in [0.1, 0.15) is 0 Å². The van der Waals surface area contributed by atoms with Gasteiger partial charge in [-0.3, -0.25) is 4.79 Å². The SMILES string of the molecule is C[C@@H](SCc1ccccc1)C(=O)N1CCCC1. The highest BCUT2D eigenvalue weighted by Crippen LogP contribution is 2.21. The quantitative estimate of drug-likeness (QED) is 0.817. The first-order valence-electron chi connectivity index (χ1n) is 6.21. The summed E-state index contributed by atoms with van der Waals surface area (Å²) < 4.78 is 0. The molecule has 0 aliphatic carbocycles. The van der Waals surface area contributed by atoms with Crippen LogP contribution in [-0.4, -0.2) is 29.1 Å². The average molecular weight is 249 g/mol. The van der Waals surface area contributed by atoms with Gasteiger partial charge in [0.2, 0.25) is 5.91 Å².